The van der Waals surface area contributed by atoms with Gasteiger partial charge >= 0.3 is 5.63 Å². The maximum absolute atomic E-state index is 12.5. The van der Waals surface area contributed by atoms with Gasteiger partial charge in [-0.1, -0.05) is 6.07 Å². The van der Waals surface area contributed by atoms with Crippen molar-refractivity contribution in [2.24, 2.45) is 0 Å². The molecular formula is C20H14O5. The number of fused-ring (bicyclic) bond motifs is 2. The van der Waals surface area contributed by atoms with Crippen LogP contribution < -0.4 is 15.1 Å². The summed E-state index contributed by atoms with van der Waals surface area (Å²) < 4.78 is 16.1. The number of carbonyl (C=O) groups excluding carboxylic acids is 1. The van der Waals surface area contributed by atoms with Crippen LogP contribution >= 0.6 is 0 Å². The zero-order valence-electron chi connectivity index (χ0n) is 13.7. The second-order valence-electron chi connectivity index (χ2n) is 5.82. The molecule has 0 radical (unpaired) electrons. The summed E-state index contributed by atoms with van der Waals surface area (Å²) >= 11 is 0. The number of ketones is 1. The summed E-state index contributed by atoms with van der Waals surface area (Å²) in [5.74, 6) is 1.09. The van der Waals surface area contributed by atoms with E-state index in [0.29, 0.717) is 33.6 Å². The summed E-state index contributed by atoms with van der Waals surface area (Å²) in [4.78, 5) is 24.4. The Kier molecular flexibility index (Phi) is 3.42. The van der Waals surface area contributed by atoms with Crippen LogP contribution in [-0.4, -0.2) is 12.9 Å². The van der Waals surface area contributed by atoms with E-state index in [-0.39, 0.29) is 11.5 Å². The van der Waals surface area contributed by atoms with E-state index >= 15 is 0 Å². The first-order chi connectivity index (χ1) is 12.0. The van der Waals surface area contributed by atoms with E-state index in [9.17, 15) is 9.59 Å². The third-order valence-corrected chi connectivity index (χ3v) is 4.10. The molecule has 0 aliphatic carbocycles. The first-order valence-corrected chi connectivity index (χ1v) is 7.72. The summed E-state index contributed by atoms with van der Waals surface area (Å²) in [5.41, 5.74) is 1.96. The van der Waals surface area contributed by atoms with Crippen molar-refractivity contribution in [3.8, 4) is 11.5 Å². The van der Waals surface area contributed by atoms with E-state index in [0.717, 1.165) is 5.56 Å². The Labute approximate surface area is 143 Å². The predicted octanol–water partition coefficient (Wildman–Crippen LogP) is 3.73. The van der Waals surface area contributed by atoms with Gasteiger partial charge in [0.15, 0.2) is 5.76 Å². The molecule has 0 bridgehead atoms. The molecule has 0 spiro atoms. The Hall–Kier alpha value is -3.34. The number of allylic oxidation sites excluding steroid dienone is 1. The number of benzene rings is 2. The molecule has 0 unspecified atom stereocenters. The number of hydrogen-bond donors (Lipinski definition) is 0. The average Bonchev–Trinajstić information content (AvgIpc) is 2.89. The van der Waals surface area contributed by atoms with Gasteiger partial charge in [-0.25, -0.2) is 4.79 Å². The molecule has 0 atom stereocenters. The summed E-state index contributed by atoms with van der Waals surface area (Å²) in [6.07, 6.45) is 1.57. The Morgan fingerprint density at radius 2 is 1.88 bits per heavy atom. The number of methoxy groups -OCH3 is 1. The Bertz CT molecular complexity index is 1100. The molecule has 0 N–H and O–H groups in total. The van der Waals surface area contributed by atoms with Crippen LogP contribution in [-0.2, 0) is 0 Å². The number of hydrogen-bond acceptors (Lipinski definition) is 5. The lowest BCUT2D eigenvalue weighted by atomic mass is 10.1. The zero-order valence-corrected chi connectivity index (χ0v) is 13.7. The summed E-state index contributed by atoms with van der Waals surface area (Å²) in [6.45, 7) is 1.93. The Morgan fingerprint density at radius 3 is 2.68 bits per heavy atom. The number of aryl methyl sites for hydroxylation is 1. The minimum atomic E-state index is -0.508. The minimum absolute atomic E-state index is 0.184. The van der Waals surface area contributed by atoms with Crippen LogP contribution in [0.4, 0.5) is 0 Å². The van der Waals surface area contributed by atoms with Crippen LogP contribution in [0.25, 0.3) is 17.0 Å². The largest absolute Gasteiger partial charge is 0.497 e. The van der Waals surface area contributed by atoms with Gasteiger partial charge in [0, 0.05) is 17.5 Å². The molecule has 2 heterocycles. The molecular weight excluding hydrogens is 320 g/mol. The monoisotopic (exact) mass is 334 g/mol. The van der Waals surface area contributed by atoms with Gasteiger partial charge in [-0.05, 0) is 48.4 Å². The third-order valence-electron chi connectivity index (χ3n) is 4.10. The van der Waals surface area contributed by atoms with E-state index in [1.165, 1.54) is 13.2 Å². The molecule has 1 aromatic heterocycles. The molecule has 0 saturated heterocycles. The zero-order chi connectivity index (χ0) is 17.6. The number of carbonyl (C=O) groups is 1. The van der Waals surface area contributed by atoms with E-state index in [2.05, 4.69) is 0 Å². The van der Waals surface area contributed by atoms with Crippen molar-refractivity contribution >= 4 is 22.8 Å². The molecule has 1 aliphatic rings. The van der Waals surface area contributed by atoms with Crippen LogP contribution in [0, 0.1) is 6.92 Å². The fraction of sp³-hybridized carbons (Fsp3) is 0.100. The second-order valence-corrected chi connectivity index (χ2v) is 5.82. The van der Waals surface area contributed by atoms with Gasteiger partial charge in [0.2, 0.25) is 5.78 Å². The van der Waals surface area contributed by atoms with Gasteiger partial charge < -0.3 is 13.9 Å². The second kappa shape index (κ2) is 5.63. The predicted molar refractivity (Wildman–Crippen MR) is 93.2 cm³/mol. The van der Waals surface area contributed by atoms with E-state index in [1.54, 1.807) is 30.3 Å². The summed E-state index contributed by atoms with van der Waals surface area (Å²) in [5, 5.41) is 0.691. The molecule has 25 heavy (non-hydrogen) atoms. The fourth-order valence-corrected chi connectivity index (χ4v) is 2.85. The fourth-order valence-electron chi connectivity index (χ4n) is 2.85. The average molecular weight is 334 g/mol. The van der Waals surface area contributed by atoms with E-state index in [4.69, 9.17) is 13.9 Å². The van der Waals surface area contributed by atoms with Crippen LogP contribution in [0.15, 0.2) is 57.4 Å². The summed E-state index contributed by atoms with van der Waals surface area (Å²) in [7, 11) is 1.54. The van der Waals surface area contributed by atoms with Crippen LogP contribution in [0.3, 0.4) is 0 Å². The van der Waals surface area contributed by atoms with Crippen LogP contribution in [0.5, 0.6) is 11.5 Å². The molecule has 4 rings (SSSR count). The maximum atomic E-state index is 12.5. The Morgan fingerprint density at radius 1 is 1.04 bits per heavy atom. The smallest absolute Gasteiger partial charge is 0.336 e. The van der Waals surface area contributed by atoms with E-state index in [1.807, 2.05) is 19.1 Å². The molecule has 5 heteroatoms. The highest BCUT2D eigenvalue weighted by Crippen LogP contribution is 2.33. The lowest BCUT2D eigenvalue weighted by Gasteiger charge is -2.04. The Balaban J connectivity index is 1.85. The van der Waals surface area contributed by atoms with Crippen molar-refractivity contribution in [2.45, 2.75) is 6.92 Å². The molecule has 0 saturated carbocycles. The topological polar surface area (TPSA) is 65.7 Å². The third kappa shape index (κ3) is 2.59. The van der Waals surface area contributed by atoms with Crippen LogP contribution in [0.1, 0.15) is 21.5 Å². The van der Waals surface area contributed by atoms with Gasteiger partial charge in [-0.3, -0.25) is 4.79 Å². The first kappa shape index (κ1) is 15.2. The molecule has 5 nitrogen and oxygen atoms in total. The van der Waals surface area contributed by atoms with Crippen LogP contribution in [0.2, 0.25) is 0 Å². The highest BCUT2D eigenvalue weighted by Gasteiger charge is 2.27. The highest BCUT2D eigenvalue weighted by molar-refractivity contribution is 6.15. The standard InChI is InChI=1S/C20H14O5/c1-11-3-5-15-16(7-11)24-18(20(15)22)8-12-9-19(21)25-17-10-13(23-2)4-6-14(12)17/h3-10H,1-2H3/b18-8+. The van der Waals surface area contributed by atoms with Crippen molar-refractivity contribution in [1.29, 1.82) is 0 Å². The van der Waals surface area contributed by atoms with Gasteiger partial charge in [0.05, 0.1) is 12.7 Å². The maximum Gasteiger partial charge on any atom is 0.336 e. The van der Waals surface area contributed by atoms with E-state index < -0.39 is 5.63 Å². The van der Waals surface area contributed by atoms with Crippen molar-refractivity contribution in [2.75, 3.05) is 7.11 Å². The van der Waals surface area contributed by atoms with Crippen molar-refractivity contribution in [3.63, 3.8) is 0 Å². The number of rotatable bonds is 2. The van der Waals surface area contributed by atoms with Gasteiger partial charge in [0.1, 0.15) is 17.1 Å². The van der Waals surface area contributed by atoms with Gasteiger partial charge in [-0.2, -0.15) is 0 Å². The SMILES string of the molecule is COc1ccc2c(/C=C3/Oc4cc(C)ccc4C3=O)cc(=O)oc2c1. The number of ether oxygens (including phenoxy) is 2. The molecule has 3 aromatic rings. The minimum Gasteiger partial charge on any atom is -0.497 e. The molecule has 0 fully saturated rings. The quantitative estimate of drug-likeness (QED) is 0.528. The van der Waals surface area contributed by atoms with Gasteiger partial charge in [-0.15, -0.1) is 0 Å². The normalized spacial score (nSPS) is 14.6. The molecule has 1 aliphatic heterocycles. The van der Waals surface area contributed by atoms with Crippen molar-refractivity contribution in [3.05, 3.63) is 75.3 Å². The summed E-state index contributed by atoms with van der Waals surface area (Å²) in [6, 6.07) is 11.9. The lowest BCUT2D eigenvalue weighted by Crippen LogP contribution is -2.02. The van der Waals surface area contributed by atoms with Gasteiger partial charge in [0.25, 0.3) is 0 Å². The number of Topliss-reactive ketones (excluding diaryl/α,β-unsaturated/α-hetero) is 1. The first-order valence-electron chi connectivity index (χ1n) is 7.72. The van der Waals surface area contributed by atoms with Crippen molar-refractivity contribution in [1.82, 2.24) is 0 Å². The lowest BCUT2D eigenvalue weighted by molar-refractivity contribution is 0.101. The molecule has 2 aromatic carbocycles. The molecule has 0 amide bonds. The highest BCUT2D eigenvalue weighted by atomic mass is 16.5. The molecule has 124 valence electrons. The van der Waals surface area contributed by atoms with Crippen molar-refractivity contribution < 1.29 is 18.7 Å².